The van der Waals surface area contributed by atoms with Crippen LogP contribution in [0.3, 0.4) is 0 Å². The Hall–Kier alpha value is -0.530. The van der Waals surface area contributed by atoms with Crippen molar-refractivity contribution in [1.29, 1.82) is 0 Å². The van der Waals surface area contributed by atoms with Gasteiger partial charge in [-0.3, -0.25) is 4.79 Å². The number of ether oxygens (including phenoxy) is 1. The molecule has 2 fully saturated rings. The molecule has 62 valence electrons. The highest BCUT2D eigenvalue weighted by molar-refractivity contribution is 5.75. The van der Waals surface area contributed by atoms with Gasteiger partial charge >= 0.3 is 5.97 Å². The Morgan fingerprint density at radius 3 is 2.82 bits per heavy atom. The largest absolute Gasteiger partial charge is 0.462 e. The summed E-state index contributed by atoms with van der Waals surface area (Å²) in [5.41, 5.74) is 0. The number of hydrogen-bond acceptors (Lipinski definition) is 2. The molecule has 0 bridgehead atoms. The van der Waals surface area contributed by atoms with Gasteiger partial charge in [0.15, 0.2) is 0 Å². The van der Waals surface area contributed by atoms with Gasteiger partial charge < -0.3 is 4.74 Å². The van der Waals surface area contributed by atoms with Crippen molar-refractivity contribution in [3.63, 3.8) is 0 Å². The van der Waals surface area contributed by atoms with Crippen LogP contribution in [0, 0.1) is 11.8 Å². The smallest absolute Gasteiger partial charge is 0.309 e. The second kappa shape index (κ2) is 2.50. The zero-order valence-corrected chi connectivity index (χ0v) is 6.88. The minimum atomic E-state index is 0.0576. The summed E-state index contributed by atoms with van der Waals surface area (Å²) in [6.07, 6.45) is 4.93. The highest BCUT2D eigenvalue weighted by Gasteiger charge is 2.42. The standard InChI is InChI=1S/C9H14O2/c1-6-7-4-2-3-5-8(7)9(10)11-6/h6-8H,2-5H2,1H3/t6?,7?,8-/m0/s1. The van der Waals surface area contributed by atoms with Crippen LogP contribution < -0.4 is 0 Å². The summed E-state index contributed by atoms with van der Waals surface area (Å²) in [4.78, 5) is 11.2. The van der Waals surface area contributed by atoms with Crippen LogP contribution in [0.5, 0.6) is 0 Å². The quantitative estimate of drug-likeness (QED) is 0.497. The number of hydrogen-bond donors (Lipinski definition) is 0. The van der Waals surface area contributed by atoms with E-state index in [0.29, 0.717) is 5.92 Å². The van der Waals surface area contributed by atoms with Gasteiger partial charge in [0.1, 0.15) is 6.10 Å². The molecule has 2 rings (SSSR count). The first-order valence-electron chi connectivity index (χ1n) is 4.49. The summed E-state index contributed by atoms with van der Waals surface area (Å²) in [7, 11) is 0. The molecule has 11 heavy (non-hydrogen) atoms. The molecule has 0 aromatic rings. The van der Waals surface area contributed by atoms with Gasteiger partial charge in [-0.15, -0.1) is 0 Å². The average molecular weight is 154 g/mol. The van der Waals surface area contributed by atoms with E-state index < -0.39 is 0 Å². The zero-order valence-electron chi connectivity index (χ0n) is 6.88. The first kappa shape index (κ1) is 7.14. The van der Waals surface area contributed by atoms with Gasteiger partial charge in [-0.1, -0.05) is 12.8 Å². The molecule has 0 aromatic carbocycles. The molecule has 1 saturated carbocycles. The molecule has 0 spiro atoms. The molecule has 0 N–H and O–H groups in total. The Morgan fingerprint density at radius 2 is 2.09 bits per heavy atom. The summed E-state index contributed by atoms with van der Waals surface area (Å²) in [5, 5.41) is 0. The minimum absolute atomic E-state index is 0.0576. The van der Waals surface area contributed by atoms with Crippen LogP contribution in [0.25, 0.3) is 0 Å². The lowest BCUT2D eigenvalue weighted by Crippen LogP contribution is -2.22. The van der Waals surface area contributed by atoms with E-state index in [1.54, 1.807) is 0 Å². The van der Waals surface area contributed by atoms with Gasteiger partial charge in [0.2, 0.25) is 0 Å². The second-order valence-corrected chi connectivity index (χ2v) is 3.70. The van der Waals surface area contributed by atoms with Gasteiger partial charge in [-0.25, -0.2) is 0 Å². The Bertz CT molecular complexity index is 176. The van der Waals surface area contributed by atoms with Gasteiger partial charge in [-0.05, 0) is 19.8 Å². The Morgan fingerprint density at radius 1 is 1.36 bits per heavy atom. The lowest BCUT2D eigenvalue weighted by Gasteiger charge is -2.22. The van der Waals surface area contributed by atoms with Crippen molar-refractivity contribution in [1.82, 2.24) is 0 Å². The topological polar surface area (TPSA) is 26.3 Å². The number of carbonyl (C=O) groups is 1. The van der Waals surface area contributed by atoms with Crippen LogP contribution in [0.1, 0.15) is 32.6 Å². The number of esters is 1. The van der Waals surface area contributed by atoms with Crippen molar-refractivity contribution in [2.24, 2.45) is 11.8 Å². The highest BCUT2D eigenvalue weighted by atomic mass is 16.6. The fourth-order valence-electron chi connectivity index (χ4n) is 2.37. The number of rotatable bonds is 0. The zero-order chi connectivity index (χ0) is 7.84. The minimum Gasteiger partial charge on any atom is -0.462 e. The fraction of sp³-hybridized carbons (Fsp3) is 0.889. The Balaban J connectivity index is 2.13. The molecule has 1 aliphatic heterocycles. The predicted octanol–water partition coefficient (Wildman–Crippen LogP) is 1.74. The van der Waals surface area contributed by atoms with Crippen molar-refractivity contribution in [3.05, 3.63) is 0 Å². The van der Waals surface area contributed by atoms with Crippen LogP contribution in [0.15, 0.2) is 0 Å². The highest BCUT2D eigenvalue weighted by Crippen LogP contribution is 2.39. The third kappa shape index (κ3) is 1.05. The molecule has 2 heteroatoms. The van der Waals surface area contributed by atoms with Crippen LogP contribution in [-0.2, 0) is 9.53 Å². The lowest BCUT2D eigenvalue weighted by molar-refractivity contribution is -0.143. The van der Waals surface area contributed by atoms with Crippen molar-refractivity contribution in [2.45, 2.75) is 38.7 Å². The normalized spacial score (nSPS) is 43.4. The van der Waals surface area contributed by atoms with Crippen LogP contribution in [0.2, 0.25) is 0 Å². The number of cyclic esters (lactones) is 1. The molecule has 2 nitrogen and oxygen atoms in total. The molecule has 1 aliphatic carbocycles. The van der Waals surface area contributed by atoms with Crippen molar-refractivity contribution >= 4 is 5.97 Å². The molecule has 1 heterocycles. The molecular formula is C9H14O2. The maximum absolute atomic E-state index is 11.2. The summed E-state index contributed by atoms with van der Waals surface area (Å²) < 4.78 is 5.17. The fourth-order valence-corrected chi connectivity index (χ4v) is 2.37. The van der Waals surface area contributed by atoms with E-state index in [1.807, 2.05) is 6.92 Å². The summed E-state index contributed by atoms with van der Waals surface area (Å²) in [5.74, 6) is 0.845. The van der Waals surface area contributed by atoms with E-state index in [1.165, 1.54) is 19.3 Å². The Kier molecular flexibility index (Phi) is 1.63. The molecule has 2 unspecified atom stereocenters. The first-order valence-corrected chi connectivity index (χ1v) is 4.49. The molecule has 1 saturated heterocycles. The van der Waals surface area contributed by atoms with Crippen LogP contribution in [0.4, 0.5) is 0 Å². The van der Waals surface area contributed by atoms with Gasteiger partial charge in [-0.2, -0.15) is 0 Å². The number of fused-ring (bicyclic) bond motifs is 1. The molecule has 0 aromatic heterocycles. The van der Waals surface area contributed by atoms with Crippen LogP contribution >= 0.6 is 0 Å². The molecule has 0 radical (unpaired) electrons. The molecule has 3 atom stereocenters. The monoisotopic (exact) mass is 154 g/mol. The van der Waals surface area contributed by atoms with E-state index >= 15 is 0 Å². The summed E-state index contributed by atoms with van der Waals surface area (Å²) >= 11 is 0. The van der Waals surface area contributed by atoms with Gasteiger partial charge in [0.25, 0.3) is 0 Å². The second-order valence-electron chi connectivity index (χ2n) is 3.70. The molecular weight excluding hydrogens is 140 g/mol. The SMILES string of the molecule is CC1OC(=O)[C@H]2CCCCC12. The van der Waals surface area contributed by atoms with E-state index in [4.69, 9.17) is 4.74 Å². The number of carbonyl (C=O) groups excluding carboxylic acids is 1. The van der Waals surface area contributed by atoms with Gasteiger partial charge in [0.05, 0.1) is 5.92 Å². The molecule has 2 aliphatic rings. The van der Waals surface area contributed by atoms with E-state index in [-0.39, 0.29) is 18.0 Å². The average Bonchev–Trinajstić information content (AvgIpc) is 2.30. The van der Waals surface area contributed by atoms with E-state index in [0.717, 1.165) is 6.42 Å². The predicted molar refractivity (Wildman–Crippen MR) is 41.0 cm³/mol. The summed E-state index contributed by atoms with van der Waals surface area (Å²) in [6, 6.07) is 0. The van der Waals surface area contributed by atoms with Gasteiger partial charge in [0, 0.05) is 5.92 Å². The van der Waals surface area contributed by atoms with Crippen molar-refractivity contribution in [3.8, 4) is 0 Å². The maximum Gasteiger partial charge on any atom is 0.309 e. The van der Waals surface area contributed by atoms with Crippen LogP contribution in [-0.4, -0.2) is 12.1 Å². The third-order valence-corrected chi connectivity index (χ3v) is 3.03. The third-order valence-electron chi connectivity index (χ3n) is 3.03. The van der Waals surface area contributed by atoms with E-state index in [9.17, 15) is 4.79 Å². The van der Waals surface area contributed by atoms with Crippen molar-refractivity contribution < 1.29 is 9.53 Å². The van der Waals surface area contributed by atoms with E-state index in [2.05, 4.69) is 0 Å². The molecule has 0 amide bonds. The Labute approximate surface area is 66.9 Å². The summed E-state index contributed by atoms with van der Waals surface area (Å²) in [6.45, 7) is 2.02. The first-order chi connectivity index (χ1) is 5.29. The maximum atomic E-state index is 11.2. The van der Waals surface area contributed by atoms with Crippen molar-refractivity contribution in [2.75, 3.05) is 0 Å². The lowest BCUT2D eigenvalue weighted by atomic mass is 9.79.